The zero-order valence-electron chi connectivity index (χ0n) is 6.81. The van der Waals surface area contributed by atoms with E-state index in [9.17, 15) is 5.11 Å². The van der Waals surface area contributed by atoms with Gasteiger partial charge in [-0.2, -0.15) is 0 Å². The molecule has 0 bridgehead atoms. The van der Waals surface area contributed by atoms with Gasteiger partial charge in [-0.05, 0) is 13.0 Å². The van der Waals surface area contributed by atoms with Crippen LogP contribution < -0.4 is 5.73 Å². The molecule has 1 heterocycles. The van der Waals surface area contributed by atoms with Crippen LogP contribution in [0.2, 0.25) is 0 Å². The first-order chi connectivity index (χ1) is 5.63. The number of nitrogens with zero attached hydrogens (tertiary/aromatic N) is 1. The van der Waals surface area contributed by atoms with Gasteiger partial charge in [0.2, 0.25) is 0 Å². The Hall–Kier alpha value is -1.13. The van der Waals surface area contributed by atoms with Crippen molar-refractivity contribution in [2.24, 2.45) is 5.73 Å². The molecular weight excluding hydrogens is 156 g/mol. The Morgan fingerprint density at radius 1 is 1.58 bits per heavy atom. The van der Waals surface area contributed by atoms with Gasteiger partial charge in [-0.3, -0.25) is 4.98 Å². The first kappa shape index (κ1) is 8.96. The summed E-state index contributed by atoms with van der Waals surface area (Å²) >= 11 is 0. The number of rotatable bonds is 2. The van der Waals surface area contributed by atoms with Crippen molar-refractivity contribution < 1.29 is 10.2 Å². The van der Waals surface area contributed by atoms with Crippen LogP contribution in [-0.4, -0.2) is 21.3 Å². The second kappa shape index (κ2) is 3.51. The third-order valence-electron chi connectivity index (χ3n) is 1.71. The van der Waals surface area contributed by atoms with Gasteiger partial charge >= 0.3 is 0 Å². The fourth-order valence-corrected chi connectivity index (χ4v) is 0.939. The Balaban J connectivity index is 2.94. The largest absolute Gasteiger partial charge is 0.506 e. The van der Waals surface area contributed by atoms with Crippen LogP contribution in [0, 0.1) is 0 Å². The number of aliphatic hydroxyl groups is 1. The lowest BCUT2D eigenvalue weighted by molar-refractivity contribution is 0.163. The molecule has 1 rings (SSSR count). The maximum Gasteiger partial charge on any atom is 0.138 e. The van der Waals surface area contributed by atoms with Gasteiger partial charge in [0.25, 0.3) is 0 Å². The third kappa shape index (κ3) is 1.72. The smallest absolute Gasteiger partial charge is 0.138 e. The van der Waals surface area contributed by atoms with Crippen LogP contribution in [0.1, 0.15) is 18.5 Å². The van der Waals surface area contributed by atoms with Crippen LogP contribution in [0.5, 0.6) is 5.75 Å². The first-order valence-corrected chi connectivity index (χ1v) is 3.69. The number of nitrogens with two attached hydrogens (primary N) is 1. The van der Waals surface area contributed by atoms with Crippen molar-refractivity contribution in [3.05, 3.63) is 24.0 Å². The quantitative estimate of drug-likeness (QED) is 0.588. The number of aliphatic hydroxyl groups excluding tert-OH is 1. The highest BCUT2D eigenvalue weighted by Gasteiger charge is 2.14. The Bertz CT molecular complexity index is 263. The molecule has 0 saturated carbocycles. The maximum absolute atomic E-state index is 9.28. The Kier molecular flexibility index (Phi) is 2.62. The van der Waals surface area contributed by atoms with Crippen molar-refractivity contribution >= 4 is 0 Å². The average Bonchev–Trinajstić information content (AvgIpc) is 2.04. The topological polar surface area (TPSA) is 79.4 Å². The molecule has 0 aliphatic carbocycles. The van der Waals surface area contributed by atoms with E-state index in [0.717, 1.165) is 0 Å². The Labute approximate surface area is 70.7 Å². The minimum Gasteiger partial charge on any atom is -0.506 e. The summed E-state index contributed by atoms with van der Waals surface area (Å²) < 4.78 is 0. The van der Waals surface area contributed by atoms with E-state index in [0.29, 0.717) is 5.56 Å². The molecule has 0 amide bonds. The summed E-state index contributed by atoms with van der Waals surface area (Å²) in [6.45, 7) is 1.57. The van der Waals surface area contributed by atoms with Gasteiger partial charge in [-0.25, -0.2) is 0 Å². The van der Waals surface area contributed by atoms with E-state index >= 15 is 0 Å². The van der Waals surface area contributed by atoms with Gasteiger partial charge in [0.1, 0.15) is 5.75 Å². The molecule has 1 aromatic heterocycles. The first-order valence-electron chi connectivity index (χ1n) is 3.69. The van der Waals surface area contributed by atoms with Gasteiger partial charge in [0.05, 0.1) is 18.3 Å². The highest BCUT2D eigenvalue weighted by atomic mass is 16.3. The zero-order valence-corrected chi connectivity index (χ0v) is 6.81. The number of aromatic nitrogens is 1. The van der Waals surface area contributed by atoms with E-state index in [4.69, 9.17) is 10.8 Å². The van der Waals surface area contributed by atoms with Crippen molar-refractivity contribution in [1.82, 2.24) is 4.98 Å². The van der Waals surface area contributed by atoms with E-state index in [1.54, 1.807) is 13.0 Å². The van der Waals surface area contributed by atoms with Gasteiger partial charge in [0, 0.05) is 11.8 Å². The van der Waals surface area contributed by atoms with Crippen LogP contribution in [0.3, 0.4) is 0 Å². The lowest BCUT2D eigenvalue weighted by atomic mass is 10.0. The molecule has 0 saturated heterocycles. The minimum atomic E-state index is -0.682. The summed E-state index contributed by atoms with van der Waals surface area (Å²) in [5, 5.41) is 18.4. The highest BCUT2D eigenvalue weighted by Crippen LogP contribution is 2.22. The molecule has 1 aromatic rings. The average molecular weight is 168 g/mol. The van der Waals surface area contributed by atoms with E-state index in [1.165, 1.54) is 12.4 Å². The second-order valence-corrected chi connectivity index (χ2v) is 2.70. The van der Waals surface area contributed by atoms with Crippen molar-refractivity contribution in [2.75, 3.05) is 0 Å². The molecule has 0 aromatic carbocycles. The summed E-state index contributed by atoms with van der Waals surface area (Å²) in [6, 6.07) is 1.03. The van der Waals surface area contributed by atoms with Crippen molar-refractivity contribution in [3.8, 4) is 5.75 Å². The predicted octanol–water partition coefficient (Wildman–Crippen LogP) is 0.168. The van der Waals surface area contributed by atoms with Crippen LogP contribution in [0.25, 0.3) is 0 Å². The summed E-state index contributed by atoms with van der Waals surface area (Å²) in [6.07, 6.45) is 2.15. The standard InChI is InChI=1S/C8H12N2O2/c1-5(11)8(9)6-2-3-10-4-7(6)12/h2-5,8,11-12H,9H2,1H3/t5-,8+/m0/s1. The Morgan fingerprint density at radius 3 is 2.75 bits per heavy atom. The fraction of sp³-hybridized carbons (Fsp3) is 0.375. The number of hydrogen-bond donors (Lipinski definition) is 3. The molecule has 0 radical (unpaired) electrons. The van der Waals surface area contributed by atoms with Crippen LogP contribution in [0.15, 0.2) is 18.5 Å². The van der Waals surface area contributed by atoms with Gasteiger partial charge < -0.3 is 15.9 Å². The minimum absolute atomic E-state index is 0.0194. The monoisotopic (exact) mass is 168 g/mol. The molecule has 0 aliphatic heterocycles. The summed E-state index contributed by atoms with van der Waals surface area (Å²) in [7, 11) is 0. The molecular formula is C8H12N2O2. The molecule has 0 fully saturated rings. The van der Waals surface area contributed by atoms with Crippen LogP contribution >= 0.6 is 0 Å². The van der Waals surface area contributed by atoms with E-state index < -0.39 is 12.1 Å². The van der Waals surface area contributed by atoms with Crippen molar-refractivity contribution in [1.29, 1.82) is 0 Å². The van der Waals surface area contributed by atoms with E-state index in [1.807, 2.05) is 0 Å². The third-order valence-corrected chi connectivity index (χ3v) is 1.71. The number of pyridine rings is 1. The van der Waals surface area contributed by atoms with Crippen LogP contribution in [-0.2, 0) is 0 Å². The van der Waals surface area contributed by atoms with E-state index in [2.05, 4.69) is 4.98 Å². The molecule has 4 heteroatoms. The van der Waals surface area contributed by atoms with Gasteiger partial charge in [-0.1, -0.05) is 0 Å². The van der Waals surface area contributed by atoms with Gasteiger partial charge in [0.15, 0.2) is 0 Å². The maximum atomic E-state index is 9.28. The molecule has 0 aliphatic rings. The molecule has 2 atom stereocenters. The summed E-state index contributed by atoms with van der Waals surface area (Å²) in [5.41, 5.74) is 6.11. The molecule has 4 N–H and O–H groups in total. The summed E-state index contributed by atoms with van der Waals surface area (Å²) in [5.74, 6) is 0.0194. The van der Waals surface area contributed by atoms with Crippen molar-refractivity contribution in [2.45, 2.75) is 19.1 Å². The highest BCUT2D eigenvalue weighted by molar-refractivity contribution is 5.31. The van der Waals surface area contributed by atoms with Crippen LogP contribution in [0.4, 0.5) is 0 Å². The summed E-state index contributed by atoms with van der Waals surface area (Å²) in [4.78, 5) is 3.70. The number of hydrogen-bond acceptors (Lipinski definition) is 4. The predicted molar refractivity (Wildman–Crippen MR) is 44.5 cm³/mol. The van der Waals surface area contributed by atoms with Gasteiger partial charge in [-0.15, -0.1) is 0 Å². The number of aromatic hydroxyl groups is 1. The van der Waals surface area contributed by atoms with E-state index in [-0.39, 0.29) is 5.75 Å². The molecule has 0 unspecified atom stereocenters. The zero-order chi connectivity index (χ0) is 9.14. The molecule has 0 spiro atoms. The Morgan fingerprint density at radius 2 is 2.25 bits per heavy atom. The second-order valence-electron chi connectivity index (χ2n) is 2.70. The lowest BCUT2D eigenvalue weighted by Gasteiger charge is -2.15. The fourth-order valence-electron chi connectivity index (χ4n) is 0.939. The molecule has 66 valence electrons. The normalized spacial score (nSPS) is 15.6. The lowest BCUT2D eigenvalue weighted by Crippen LogP contribution is -2.23. The van der Waals surface area contributed by atoms with Crippen molar-refractivity contribution in [3.63, 3.8) is 0 Å². The molecule has 4 nitrogen and oxygen atoms in total. The SMILES string of the molecule is C[C@H](O)[C@@H](N)c1ccncc1O. The molecule has 12 heavy (non-hydrogen) atoms.